The Morgan fingerprint density at radius 1 is 1.50 bits per heavy atom. The van der Waals surface area contributed by atoms with Gasteiger partial charge < -0.3 is 0 Å². The Morgan fingerprint density at radius 2 is 2.20 bits per heavy atom. The molecule has 1 rings (SSSR count). The molecule has 0 fully saturated rings. The van der Waals surface area contributed by atoms with Crippen LogP contribution in [0.4, 0.5) is 0 Å². The van der Waals surface area contributed by atoms with E-state index in [9.17, 15) is 9.59 Å². The normalized spacial score (nSPS) is 21.2. The van der Waals surface area contributed by atoms with Gasteiger partial charge in [0.05, 0.1) is 11.7 Å². The van der Waals surface area contributed by atoms with Gasteiger partial charge in [-0.15, -0.1) is 0 Å². The van der Waals surface area contributed by atoms with Gasteiger partial charge in [-0.2, -0.15) is 9.98 Å². The van der Waals surface area contributed by atoms with Crippen molar-refractivity contribution < 1.29 is 9.59 Å². The molecular weight excluding hydrogens is 132 g/mol. The molecule has 4 heteroatoms. The van der Waals surface area contributed by atoms with Crippen molar-refractivity contribution >= 4 is 12.2 Å². The average molecular weight is 136 g/mol. The minimum atomic E-state index is -0.121. The third-order valence-electron chi connectivity index (χ3n) is 1.21. The lowest BCUT2D eigenvalue weighted by molar-refractivity contribution is 0.556. The molecule has 0 radical (unpaired) electrons. The average Bonchev–Trinajstić information content (AvgIpc) is 1.84. The van der Waals surface area contributed by atoms with Crippen molar-refractivity contribution in [1.29, 1.82) is 0 Å². The largest absolute Gasteiger partial charge is 0.240 e. The molecule has 10 heavy (non-hydrogen) atoms. The number of hydrogen-bond donors (Lipinski definition) is 0. The van der Waals surface area contributed by atoms with Gasteiger partial charge in [-0.25, -0.2) is 9.59 Å². The SMILES string of the molecule is O=C=NC1=CC(N=C=O)C1. The van der Waals surface area contributed by atoms with Crippen molar-refractivity contribution in [1.82, 2.24) is 0 Å². The van der Waals surface area contributed by atoms with E-state index in [2.05, 4.69) is 9.98 Å². The van der Waals surface area contributed by atoms with E-state index < -0.39 is 0 Å². The van der Waals surface area contributed by atoms with E-state index in [4.69, 9.17) is 0 Å². The monoisotopic (exact) mass is 136 g/mol. The summed E-state index contributed by atoms with van der Waals surface area (Å²) in [5.74, 6) is 0. The van der Waals surface area contributed by atoms with Crippen LogP contribution < -0.4 is 0 Å². The van der Waals surface area contributed by atoms with E-state index >= 15 is 0 Å². The first-order valence-electron chi connectivity index (χ1n) is 2.72. The number of aliphatic imine (C=N–C) groups is 2. The highest BCUT2D eigenvalue weighted by Gasteiger charge is 2.17. The molecule has 0 saturated carbocycles. The quantitative estimate of drug-likeness (QED) is 0.405. The molecular formula is C6H4N2O2. The molecule has 0 bridgehead atoms. The first kappa shape index (κ1) is 6.62. The highest BCUT2D eigenvalue weighted by atomic mass is 16.1. The first-order valence-corrected chi connectivity index (χ1v) is 2.72. The second-order valence-electron chi connectivity index (χ2n) is 1.85. The number of carbonyl (C=O) groups excluding carboxylic acids is 2. The summed E-state index contributed by atoms with van der Waals surface area (Å²) in [5, 5.41) is 0. The van der Waals surface area contributed by atoms with Crippen LogP contribution in [0.1, 0.15) is 6.42 Å². The number of hydrogen-bond acceptors (Lipinski definition) is 4. The molecule has 1 unspecified atom stereocenters. The lowest BCUT2D eigenvalue weighted by Gasteiger charge is -2.14. The van der Waals surface area contributed by atoms with Gasteiger partial charge in [0.2, 0.25) is 12.2 Å². The molecule has 0 N–H and O–H groups in total. The Balaban J connectivity index is 2.55. The maximum absolute atomic E-state index is 9.64. The van der Waals surface area contributed by atoms with E-state index in [1.165, 1.54) is 12.2 Å². The van der Waals surface area contributed by atoms with E-state index in [1.54, 1.807) is 6.08 Å². The highest BCUT2D eigenvalue weighted by Crippen LogP contribution is 2.21. The summed E-state index contributed by atoms with van der Waals surface area (Å²) in [6, 6.07) is -0.121. The third-order valence-corrected chi connectivity index (χ3v) is 1.21. The summed E-state index contributed by atoms with van der Waals surface area (Å²) in [7, 11) is 0. The summed E-state index contributed by atoms with van der Waals surface area (Å²) < 4.78 is 0. The summed E-state index contributed by atoms with van der Waals surface area (Å²) in [6.07, 6.45) is 4.99. The van der Waals surface area contributed by atoms with Crippen LogP contribution in [0.5, 0.6) is 0 Å². The van der Waals surface area contributed by atoms with Crippen molar-refractivity contribution in [3.05, 3.63) is 11.8 Å². The van der Waals surface area contributed by atoms with Gasteiger partial charge in [-0.1, -0.05) is 0 Å². The zero-order valence-corrected chi connectivity index (χ0v) is 5.07. The highest BCUT2D eigenvalue weighted by molar-refractivity contribution is 5.41. The second kappa shape index (κ2) is 2.87. The Labute approximate surface area is 57.0 Å². The molecule has 0 amide bonds. The first-order chi connectivity index (χ1) is 4.86. The predicted octanol–water partition coefficient (Wildman–Crippen LogP) is 0.314. The Bertz CT molecular complexity index is 257. The molecule has 0 spiro atoms. The summed E-state index contributed by atoms with van der Waals surface area (Å²) in [6.45, 7) is 0. The van der Waals surface area contributed by atoms with Gasteiger partial charge in [0.25, 0.3) is 0 Å². The zero-order chi connectivity index (χ0) is 7.40. The van der Waals surface area contributed by atoms with Crippen molar-refractivity contribution in [3.63, 3.8) is 0 Å². The third kappa shape index (κ3) is 1.26. The lowest BCUT2D eigenvalue weighted by atomic mass is 10.0. The fraction of sp³-hybridized carbons (Fsp3) is 0.333. The standard InChI is InChI=1S/C6H4N2O2/c9-3-7-5-1-6(2-5)8-4-10/h1,5H,2H2. The van der Waals surface area contributed by atoms with Crippen LogP contribution in [0.3, 0.4) is 0 Å². The number of nitrogens with zero attached hydrogens (tertiary/aromatic N) is 2. The topological polar surface area (TPSA) is 58.9 Å². The summed E-state index contributed by atoms with van der Waals surface area (Å²) in [5.41, 5.74) is 0.638. The Kier molecular flexibility index (Phi) is 1.90. The molecule has 1 aliphatic carbocycles. The fourth-order valence-electron chi connectivity index (χ4n) is 0.695. The summed E-state index contributed by atoms with van der Waals surface area (Å²) >= 11 is 0. The molecule has 0 saturated heterocycles. The van der Waals surface area contributed by atoms with Crippen molar-refractivity contribution in [2.45, 2.75) is 12.5 Å². The zero-order valence-electron chi connectivity index (χ0n) is 5.07. The van der Waals surface area contributed by atoms with E-state index in [-0.39, 0.29) is 6.04 Å². The van der Waals surface area contributed by atoms with Crippen LogP contribution in [0, 0.1) is 0 Å². The van der Waals surface area contributed by atoms with Crippen LogP contribution in [-0.2, 0) is 9.59 Å². The molecule has 0 aromatic heterocycles. The van der Waals surface area contributed by atoms with Gasteiger partial charge >= 0.3 is 0 Å². The van der Waals surface area contributed by atoms with Crippen molar-refractivity contribution in [2.75, 3.05) is 0 Å². The minimum Gasteiger partial charge on any atom is -0.211 e. The molecule has 1 atom stereocenters. The van der Waals surface area contributed by atoms with Gasteiger partial charge in [0.1, 0.15) is 0 Å². The Hall–Kier alpha value is -1.50. The lowest BCUT2D eigenvalue weighted by Crippen LogP contribution is -2.11. The van der Waals surface area contributed by atoms with Gasteiger partial charge in [0, 0.05) is 6.42 Å². The summed E-state index contributed by atoms with van der Waals surface area (Å²) in [4.78, 5) is 26.0. The molecule has 1 aliphatic rings. The molecule has 0 aromatic rings. The van der Waals surface area contributed by atoms with Crippen LogP contribution in [0.2, 0.25) is 0 Å². The number of isocyanates is 2. The van der Waals surface area contributed by atoms with Crippen molar-refractivity contribution in [3.8, 4) is 0 Å². The molecule has 0 heterocycles. The number of rotatable bonds is 2. The van der Waals surface area contributed by atoms with Crippen LogP contribution in [0.15, 0.2) is 21.8 Å². The van der Waals surface area contributed by atoms with Crippen LogP contribution >= 0.6 is 0 Å². The molecule has 4 nitrogen and oxygen atoms in total. The minimum absolute atomic E-state index is 0.121. The van der Waals surface area contributed by atoms with Crippen molar-refractivity contribution in [2.24, 2.45) is 9.98 Å². The predicted molar refractivity (Wildman–Crippen MR) is 32.7 cm³/mol. The van der Waals surface area contributed by atoms with E-state index in [0.717, 1.165) is 0 Å². The van der Waals surface area contributed by atoms with Gasteiger partial charge in [-0.3, -0.25) is 0 Å². The molecule has 50 valence electrons. The smallest absolute Gasteiger partial charge is 0.211 e. The maximum Gasteiger partial charge on any atom is 0.240 e. The van der Waals surface area contributed by atoms with Crippen LogP contribution in [0.25, 0.3) is 0 Å². The maximum atomic E-state index is 9.64. The molecule has 0 aromatic carbocycles. The van der Waals surface area contributed by atoms with E-state index in [1.807, 2.05) is 0 Å². The fourth-order valence-corrected chi connectivity index (χ4v) is 0.695. The van der Waals surface area contributed by atoms with E-state index in [0.29, 0.717) is 12.1 Å². The van der Waals surface area contributed by atoms with Crippen LogP contribution in [-0.4, -0.2) is 18.2 Å². The Morgan fingerprint density at radius 3 is 2.70 bits per heavy atom. The van der Waals surface area contributed by atoms with Gasteiger partial charge in [0.15, 0.2) is 0 Å². The van der Waals surface area contributed by atoms with Gasteiger partial charge in [-0.05, 0) is 6.08 Å². The second-order valence-corrected chi connectivity index (χ2v) is 1.85. The molecule has 0 aliphatic heterocycles.